The van der Waals surface area contributed by atoms with Gasteiger partial charge in [-0.25, -0.2) is 9.97 Å². The molecule has 2 rings (SSSR count). The van der Waals surface area contributed by atoms with Crippen LogP contribution in [0.15, 0.2) is 22.6 Å². The fraction of sp³-hybridized carbons (Fsp3) is 0.500. The van der Waals surface area contributed by atoms with Crippen molar-refractivity contribution in [1.82, 2.24) is 9.97 Å². The average Bonchev–Trinajstić information content (AvgIpc) is 2.85. The molecule has 0 radical (unpaired) electrons. The normalized spacial score (nSPS) is 12.5. The van der Waals surface area contributed by atoms with E-state index in [-0.39, 0.29) is 12.0 Å². The molecule has 2 aromatic rings. The van der Waals surface area contributed by atoms with Gasteiger partial charge in [-0.2, -0.15) is 0 Å². The summed E-state index contributed by atoms with van der Waals surface area (Å²) in [5.41, 5.74) is 0. The SMILES string of the molecule is CCNc1cc(NC(C)c2ccc(C)o2)nc(C(C)C)n1. The molecule has 0 aliphatic carbocycles. The lowest BCUT2D eigenvalue weighted by atomic mass is 10.2. The van der Waals surface area contributed by atoms with Crippen molar-refractivity contribution >= 4 is 11.6 Å². The maximum absolute atomic E-state index is 5.65. The smallest absolute Gasteiger partial charge is 0.135 e. The van der Waals surface area contributed by atoms with Crippen LogP contribution in [0, 0.1) is 6.92 Å². The second-order valence-electron chi connectivity index (χ2n) is 5.50. The Labute approximate surface area is 126 Å². The van der Waals surface area contributed by atoms with Crippen LogP contribution in [0.5, 0.6) is 0 Å². The third kappa shape index (κ3) is 3.97. The van der Waals surface area contributed by atoms with E-state index < -0.39 is 0 Å². The number of nitrogens with one attached hydrogen (secondary N) is 2. The van der Waals surface area contributed by atoms with Crippen LogP contribution in [0.2, 0.25) is 0 Å². The summed E-state index contributed by atoms with van der Waals surface area (Å²) in [4.78, 5) is 9.10. The van der Waals surface area contributed by atoms with Crippen molar-refractivity contribution in [3.05, 3.63) is 35.5 Å². The monoisotopic (exact) mass is 288 g/mol. The van der Waals surface area contributed by atoms with Crippen LogP contribution >= 0.6 is 0 Å². The molecule has 0 fully saturated rings. The van der Waals surface area contributed by atoms with Gasteiger partial charge >= 0.3 is 0 Å². The molecular formula is C16H24N4O. The molecule has 114 valence electrons. The maximum atomic E-state index is 5.65. The van der Waals surface area contributed by atoms with Gasteiger partial charge in [0.05, 0.1) is 6.04 Å². The number of furan rings is 1. The molecule has 0 saturated heterocycles. The van der Waals surface area contributed by atoms with Crippen LogP contribution in [0.3, 0.4) is 0 Å². The summed E-state index contributed by atoms with van der Waals surface area (Å²) in [6, 6.07) is 5.95. The molecule has 0 amide bonds. The van der Waals surface area contributed by atoms with E-state index in [2.05, 4.69) is 48.3 Å². The quantitative estimate of drug-likeness (QED) is 0.837. The number of nitrogens with zero attached hydrogens (tertiary/aromatic N) is 2. The number of aromatic nitrogens is 2. The van der Waals surface area contributed by atoms with E-state index in [0.717, 1.165) is 35.5 Å². The number of anilines is 2. The van der Waals surface area contributed by atoms with E-state index in [4.69, 9.17) is 4.42 Å². The molecule has 21 heavy (non-hydrogen) atoms. The van der Waals surface area contributed by atoms with Crippen molar-refractivity contribution in [2.75, 3.05) is 17.2 Å². The fourth-order valence-corrected chi connectivity index (χ4v) is 2.05. The molecule has 0 aromatic carbocycles. The number of hydrogen-bond acceptors (Lipinski definition) is 5. The van der Waals surface area contributed by atoms with Gasteiger partial charge in [0.2, 0.25) is 0 Å². The standard InChI is InChI=1S/C16H24N4O/c1-6-17-14-9-15(20-16(19-14)10(2)3)18-12(5)13-8-7-11(4)21-13/h7-10,12H,6H2,1-5H3,(H2,17,18,19,20). The number of hydrogen-bond donors (Lipinski definition) is 2. The summed E-state index contributed by atoms with van der Waals surface area (Å²) < 4.78 is 5.65. The molecule has 0 aliphatic heterocycles. The van der Waals surface area contributed by atoms with Crippen LogP contribution in [0.25, 0.3) is 0 Å². The zero-order valence-corrected chi connectivity index (χ0v) is 13.4. The van der Waals surface area contributed by atoms with Gasteiger partial charge in [0.15, 0.2) is 0 Å². The molecule has 0 saturated carbocycles. The minimum atomic E-state index is 0.0584. The Morgan fingerprint density at radius 1 is 1.14 bits per heavy atom. The zero-order valence-electron chi connectivity index (χ0n) is 13.4. The molecule has 5 nitrogen and oxygen atoms in total. The third-order valence-electron chi connectivity index (χ3n) is 3.17. The van der Waals surface area contributed by atoms with E-state index in [1.165, 1.54) is 0 Å². The third-order valence-corrected chi connectivity index (χ3v) is 3.17. The Balaban J connectivity index is 2.21. The molecule has 2 N–H and O–H groups in total. The van der Waals surface area contributed by atoms with Gasteiger partial charge in [-0.05, 0) is 32.9 Å². The topological polar surface area (TPSA) is 63.0 Å². The Morgan fingerprint density at radius 3 is 2.43 bits per heavy atom. The molecule has 0 spiro atoms. The Morgan fingerprint density at radius 2 is 1.86 bits per heavy atom. The molecular weight excluding hydrogens is 264 g/mol. The van der Waals surface area contributed by atoms with Gasteiger partial charge in [-0.1, -0.05) is 13.8 Å². The Bertz CT molecular complexity index is 592. The Hall–Kier alpha value is -2.04. The molecule has 0 aliphatic rings. The highest BCUT2D eigenvalue weighted by Gasteiger charge is 2.13. The second-order valence-corrected chi connectivity index (χ2v) is 5.50. The van der Waals surface area contributed by atoms with Crippen LogP contribution in [0.1, 0.15) is 57.0 Å². The van der Waals surface area contributed by atoms with Gasteiger partial charge in [0.25, 0.3) is 0 Å². The van der Waals surface area contributed by atoms with Crippen LogP contribution < -0.4 is 10.6 Å². The van der Waals surface area contributed by atoms with Crippen LogP contribution in [-0.2, 0) is 0 Å². The minimum Gasteiger partial charge on any atom is -0.464 e. The highest BCUT2D eigenvalue weighted by Crippen LogP contribution is 2.23. The van der Waals surface area contributed by atoms with E-state index in [1.54, 1.807) is 0 Å². The van der Waals surface area contributed by atoms with Crippen molar-refractivity contribution in [2.45, 2.75) is 46.6 Å². The van der Waals surface area contributed by atoms with Crippen molar-refractivity contribution in [1.29, 1.82) is 0 Å². The first-order chi connectivity index (χ1) is 9.99. The molecule has 2 aromatic heterocycles. The van der Waals surface area contributed by atoms with E-state index in [1.807, 2.05) is 25.1 Å². The fourth-order valence-electron chi connectivity index (χ4n) is 2.05. The molecule has 5 heteroatoms. The summed E-state index contributed by atoms with van der Waals surface area (Å²) in [5.74, 6) is 4.59. The Kier molecular flexibility index (Phi) is 4.83. The van der Waals surface area contributed by atoms with E-state index in [0.29, 0.717) is 0 Å². The summed E-state index contributed by atoms with van der Waals surface area (Å²) in [7, 11) is 0. The minimum absolute atomic E-state index is 0.0584. The average molecular weight is 288 g/mol. The van der Waals surface area contributed by atoms with Crippen molar-refractivity contribution in [3.8, 4) is 0 Å². The van der Waals surface area contributed by atoms with Crippen molar-refractivity contribution < 1.29 is 4.42 Å². The van der Waals surface area contributed by atoms with Crippen LogP contribution in [-0.4, -0.2) is 16.5 Å². The van der Waals surface area contributed by atoms with Crippen molar-refractivity contribution in [2.24, 2.45) is 0 Å². The second kappa shape index (κ2) is 6.61. The molecule has 0 bridgehead atoms. The van der Waals surface area contributed by atoms with Gasteiger partial charge in [0, 0.05) is 18.5 Å². The molecule has 1 unspecified atom stereocenters. The summed E-state index contributed by atoms with van der Waals surface area (Å²) in [6.07, 6.45) is 0. The lowest BCUT2D eigenvalue weighted by molar-refractivity contribution is 0.466. The molecule has 2 heterocycles. The zero-order chi connectivity index (χ0) is 15.4. The summed E-state index contributed by atoms with van der Waals surface area (Å²) in [5, 5.41) is 6.63. The first-order valence-electron chi connectivity index (χ1n) is 7.45. The van der Waals surface area contributed by atoms with Crippen LogP contribution in [0.4, 0.5) is 11.6 Å². The predicted octanol–water partition coefficient (Wildman–Crippen LogP) is 4.11. The van der Waals surface area contributed by atoms with Gasteiger partial charge in [-0.3, -0.25) is 0 Å². The first kappa shape index (κ1) is 15.4. The lowest BCUT2D eigenvalue weighted by Crippen LogP contribution is -2.11. The summed E-state index contributed by atoms with van der Waals surface area (Å²) in [6.45, 7) is 11.1. The highest BCUT2D eigenvalue weighted by atomic mass is 16.3. The predicted molar refractivity (Wildman–Crippen MR) is 85.8 cm³/mol. The molecule has 1 atom stereocenters. The lowest BCUT2D eigenvalue weighted by Gasteiger charge is -2.15. The first-order valence-corrected chi connectivity index (χ1v) is 7.45. The number of aryl methyl sites for hydroxylation is 1. The van der Waals surface area contributed by atoms with E-state index >= 15 is 0 Å². The van der Waals surface area contributed by atoms with Gasteiger partial charge in [-0.15, -0.1) is 0 Å². The van der Waals surface area contributed by atoms with E-state index in [9.17, 15) is 0 Å². The highest BCUT2D eigenvalue weighted by molar-refractivity contribution is 5.48. The van der Waals surface area contributed by atoms with Crippen molar-refractivity contribution in [3.63, 3.8) is 0 Å². The van der Waals surface area contributed by atoms with Gasteiger partial charge < -0.3 is 15.1 Å². The van der Waals surface area contributed by atoms with Gasteiger partial charge in [0.1, 0.15) is 29.0 Å². The number of rotatable bonds is 6. The largest absolute Gasteiger partial charge is 0.464 e. The summed E-state index contributed by atoms with van der Waals surface area (Å²) >= 11 is 0. The maximum Gasteiger partial charge on any atom is 0.135 e.